The SMILES string of the molecule is CC(Cc1ccc2ccc(Br)cc2n1)C(=O)O. The molecule has 0 fully saturated rings. The van der Waals surface area contributed by atoms with Gasteiger partial charge in [0.2, 0.25) is 0 Å². The molecule has 1 aromatic heterocycles. The first kappa shape index (κ1) is 12.0. The van der Waals surface area contributed by atoms with Gasteiger partial charge in [-0.05, 0) is 18.2 Å². The van der Waals surface area contributed by atoms with Crippen LogP contribution in [-0.4, -0.2) is 16.1 Å². The summed E-state index contributed by atoms with van der Waals surface area (Å²) >= 11 is 3.40. The number of carboxylic acids is 1. The van der Waals surface area contributed by atoms with E-state index in [1.54, 1.807) is 6.92 Å². The van der Waals surface area contributed by atoms with Crippen molar-refractivity contribution in [2.75, 3.05) is 0 Å². The van der Waals surface area contributed by atoms with Gasteiger partial charge in [0, 0.05) is 22.0 Å². The number of aromatic nitrogens is 1. The van der Waals surface area contributed by atoms with E-state index in [4.69, 9.17) is 5.11 Å². The highest BCUT2D eigenvalue weighted by atomic mass is 79.9. The van der Waals surface area contributed by atoms with Crippen LogP contribution in [0, 0.1) is 5.92 Å². The first-order chi connectivity index (χ1) is 8.06. The van der Waals surface area contributed by atoms with Crippen LogP contribution in [0.5, 0.6) is 0 Å². The summed E-state index contributed by atoms with van der Waals surface area (Å²) in [5.41, 5.74) is 1.69. The average Bonchev–Trinajstić information content (AvgIpc) is 2.28. The second-order valence-electron chi connectivity index (χ2n) is 4.08. The lowest BCUT2D eigenvalue weighted by Gasteiger charge is -2.06. The number of carboxylic acid groups (broad SMARTS) is 1. The van der Waals surface area contributed by atoms with Crippen molar-refractivity contribution in [3.05, 3.63) is 40.5 Å². The van der Waals surface area contributed by atoms with Gasteiger partial charge in [-0.2, -0.15) is 0 Å². The molecule has 1 unspecified atom stereocenters. The number of rotatable bonds is 3. The van der Waals surface area contributed by atoms with Gasteiger partial charge in [0.15, 0.2) is 0 Å². The van der Waals surface area contributed by atoms with Crippen LogP contribution in [0.1, 0.15) is 12.6 Å². The van der Waals surface area contributed by atoms with Gasteiger partial charge in [0.05, 0.1) is 11.4 Å². The van der Waals surface area contributed by atoms with Crippen molar-refractivity contribution in [1.82, 2.24) is 4.98 Å². The lowest BCUT2D eigenvalue weighted by atomic mass is 10.0. The van der Waals surface area contributed by atoms with E-state index in [0.29, 0.717) is 6.42 Å². The predicted octanol–water partition coefficient (Wildman–Crippen LogP) is 3.26. The maximum Gasteiger partial charge on any atom is 0.306 e. The zero-order valence-corrected chi connectivity index (χ0v) is 10.9. The second-order valence-corrected chi connectivity index (χ2v) is 5.00. The third-order valence-electron chi connectivity index (χ3n) is 2.65. The first-order valence-corrected chi connectivity index (χ1v) is 6.13. The van der Waals surface area contributed by atoms with Gasteiger partial charge >= 0.3 is 5.97 Å². The van der Waals surface area contributed by atoms with E-state index in [0.717, 1.165) is 21.1 Å². The highest BCUT2D eigenvalue weighted by molar-refractivity contribution is 9.10. The largest absolute Gasteiger partial charge is 0.481 e. The lowest BCUT2D eigenvalue weighted by Crippen LogP contribution is -2.12. The molecule has 0 spiro atoms. The standard InChI is InChI=1S/C13H12BrNO2/c1-8(13(16)17)6-11-5-3-9-2-4-10(14)7-12(9)15-11/h2-5,7-8H,6H2,1H3,(H,16,17). The van der Waals surface area contributed by atoms with E-state index in [9.17, 15) is 4.79 Å². The Kier molecular flexibility index (Phi) is 3.43. The Labute approximate surface area is 108 Å². The molecule has 0 amide bonds. The number of hydrogen-bond donors (Lipinski definition) is 1. The highest BCUT2D eigenvalue weighted by Gasteiger charge is 2.12. The summed E-state index contributed by atoms with van der Waals surface area (Å²) in [5, 5.41) is 9.92. The molecule has 1 N–H and O–H groups in total. The number of halogens is 1. The monoisotopic (exact) mass is 293 g/mol. The fourth-order valence-electron chi connectivity index (χ4n) is 1.65. The van der Waals surface area contributed by atoms with Crippen LogP contribution in [-0.2, 0) is 11.2 Å². The Hall–Kier alpha value is -1.42. The van der Waals surface area contributed by atoms with Crippen LogP contribution < -0.4 is 0 Å². The summed E-state index contributed by atoms with van der Waals surface area (Å²) in [5.74, 6) is -1.20. The number of fused-ring (bicyclic) bond motifs is 1. The summed E-state index contributed by atoms with van der Waals surface area (Å²) in [6.45, 7) is 1.69. The Balaban J connectivity index is 2.33. The Morgan fingerprint density at radius 1 is 1.41 bits per heavy atom. The van der Waals surface area contributed by atoms with E-state index in [1.165, 1.54) is 0 Å². The molecule has 3 nitrogen and oxygen atoms in total. The van der Waals surface area contributed by atoms with E-state index in [2.05, 4.69) is 20.9 Å². The van der Waals surface area contributed by atoms with E-state index >= 15 is 0 Å². The van der Waals surface area contributed by atoms with Gasteiger partial charge in [-0.3, -0.25) is 9.78 Å². The summed E-state index contributed by atoms with van der Waals surface area (Å²) in [4.78, 5) is 15.3. The maximum atomic E-state index is 10.8. The molecule has 0 aliphatic carbocycles. The number of pyridine rings is 1. The fraction of sp³-hybridized carbons (Fsp3) is 0.231. The topological polar surface area (TPSA) is 50.2 Å². The van der Waals surface area contributed by atoms with Gasteiger partial charge < -0.3 is 5.11 Å². The number of nitrogens with zero attached hydrogens (tertiary/aromatic N) is 1. The Morgan fingerprint density at radius 3 is 2.82 bits per heavy atom. The van der Waals surface area contributed by atoms with Gasteiger partial charge in [0.25, 0.3) is 0 Å². The zero-order valence-electron chi connectivity index (χ0n) is 9.35. The van der Waals surface area contributed by atoms with Gasteiger partial charge in [-0.15, -0.1) is 0 Å². The average molecular weight is 294 g/mol. The minimum atomic E-state index is -0.791. The van der Waals surface area contributed by atoms with Crippen molar-refractivity contribution in [3.8, 4) is 0 Å². The van der Waals surface area contributed by atoms with Crippen LogP contribution in [0.4, 0.5) is 0 Å². The predicted molar refractivity (Wildman–Crippen MR) is 69.9 cm³/mol. The minimum Gasteiger partial charge on any atom is -0.481 e. The molecule has 0 bridgehead atoms. The van der Waals surface area contributed by atoms with Crippen LogP contribution in [0.25, 0.3) is 10.9 Å². The van der Waals surface area contributed by atoms with Gasteiger partial charge in [-0.25, -0.2) is 0 Å². The molecular weight excluding hydrogens is 282 g/mol. The molecule has 4 heteroatoms. The molecular formula is C13H12BrNO2. The van der Waals surface area contributed by atoms with Crippen molar-refractivity contribution in [2.45, 2.75) is 13.3 Å². The van der Waals surface area contributed by atoms with Crippen molar-refractivity contribution >= 4 is 32.8 Å². The van der Waals surface area contributed by atoms with E-state index < -0.39 is 11.9 Å². The third-order valence-corrected chi connectivity index (χ3v) is 3.14. The molecule has 0 radical (unpaired) electrons. The zero-order chi connectivity index (χ0) is 12.4. The summed E-state index contributed by atoms with van der Waals surface area (Å²) < 4.78 is 0.973. The van der Waals surface area contributed by atoms with Gasteiger partial charge in [0.1, 0.15) is 0 Å². The quantitative estimate of drug-likeness (QED) is 0.945. The van der Waals surface area contributed by atoms with Crippen molar-refractivity contribution < 1.29 is 9.90 Å². The Morgan fingerprint density at radius 2 is 2.12 bits per heavy atom. The lowest BCUT2D eigenvalue weighted by molar-refractivity contribution is -0.141. The molecule has 88 valence electrons. The summed E-state index contributed by atoms with van der Waals surface area (Å²) in [7, 11) is 0. The van der Waals surface area contributed by atoms with Crippen molar-refractivity contribution in [3.63, 3.8) is 0 Å². The van der Waals surface area contributed by atoms with Crippen molar-refractivity contribution in [2.24, 2.45) is 5.92 Å². The first-order valence-electron chi connectivity index (χ1n) is 5.34. The molecule has 0 aliphatic rings. The van der Waals surface area contributed by atoms with E-state index in [-0.39, 0.29) is 0 Å². The molecule has 1 atom stereocenters. The molecule has 1 heterocycles. The fourth-order valence-corrected chi connectivity index (χ4v) is 2.00. The Bertz CT molecular complexity index is 568. The molecule has 0 saturated heterocycles. The van der Waals surface area contributed by atoms with E-state index in [1.807, 2.05) is 30.3 Å². The number of benzene rings is 1. The van der Waals surface area contributed by atoms with Gasteiger partial charge in [-0.1, -0.05) is 35.0 Å². The number of hydrogen-bond acceptors (Lipinski definition) is 2. The van der Waals surface area contributed by atoms with Crippen LogP contribution in [0.3, 0.4) is 0 Å². The summed E-state index contributed by atoms with van der Waals surface area (Å²) in [6, 6.07) is 9.74. The number of carbonyl (C=O) groups is 1. The second kappa shape index (κ2) is 4.84. The third kappa shape index (κ3) is 2.82. The van der Waals surface area contributed by atoms with Crippen LogP contribution >= 0.6 is 15.9 Å². The smallest absolute Gasteiger partial charge is 0.306 e. The molecule has 17 heavy (non-hydrogen) atoms. The highest BCUT2D eigenvalue weighted by Crippen LogP contribution is 2.19. The maximum absolute atomic E-state index is 10.8. The van der Waals surface area contributed by atoms with Crippen molar-refractivity contribution in [1.29, 1.82) is 0 Å². The molecule has 2 aromatic rings. The number of aliphatic carboxylic acids is 1. The molecule has 0 saturated carbocycles. The minimum absolute atomic E-state index is 0.410. The molecule has 0 aliphatic heterocycles. The summed E-state index contributed by atoms with van der Waals surface area (Å²) in [6.07, 6.45) is 0.456. The normalized spacial score (nSPS) is 12.6. The van der Waals surface area contributed by atoms with Crippen LogP contribution in [0.2, 0.25) is 0 Å². The molecule has 2 rings (SSSR count). The van der Waals surface area contributed by atoms with Crippen LogP contribution in [0.15, 0.2) is 34.8 Å². The molecule has 1 aromatic carbocycles.